The molecule has 0 aliphatic carbocycles. The fourth-order valence-corrected chi connectivity index (χ4v) is 2.89. The molecule has 0 heterocycles. The first-order valence-corrected chi connectivity index (χ1v) is 9.09. The number of hydrogen-bond acceptors (Lipinski definition) is 7. The van der Waals surface area contributed by atoms with E-state index in [2.05, 4.69) is 10.6 Å². The fraction of sp³-hybridized carbons (Fsp3) is 0.0476. The Morgan fingerprint density at radius 1 is 0.781 bits per heavy atom. The lowest BCUT2D eigenvalue weighted by atomic mass is 10.1. The third-order valence-electron chi connectivity index (χ3n) is 4.40. The van der Waals surface area contributed by atoms with Crippen LogP contribution in [0, 0.1) is 20.2 Å². The third kappa shape index (κ3) is 4.67. The average molecular weight is 436 g/mol. The molecular formula is C21H16N4O7. The van der Waals surface area contributed by atoms with Crippen LogP contribution in [0.15, 0.2) is 66.7 Å². The Morgan fingerprint density at radius 3 is 1.78 bits per heavy atom. The summed E-state index contributed by atoms with van der Waals surface area (Å²) in [5, 5.41) is 27.2. The van der Waals surface area contributed by atoms with Gasteiger partial charge in [0, 0.05) is 17.7 Å². The fourth-order valence-electron chi connectivity index (χ4n) is 2.89. The highest BCUT2D eigenvalue weighted by atomic mass is 16.6. The minimum Gasteiger partial charge on any atom is -0.496 e. The minimum absolute atomic E-state index is 0.00997. The van der Waals surface area contributed by atoms with Crippen molar-refractivity contribution in [2.75, 3.05) is 17.7 Å². The first-order valence-electron chi connectivity index (χ1n) is 9.09. The van der Waals surface area contributed by atoms with E-state index in [1.807, 2.05) is 0 Å². The maximum absolute atomic E-state index is 12.8. The summed E-state index contributed by atoms with van der Waals surface area (Å²) in [6.07, 6.45) is 0. The van der Waals surface area contributed by atoms with Crippen LogP contribution >= 0.6 is 0 Å². The van der Waals surface area contributed by atoms with E-state index in [9.17, 15) is 29.8 Å². The lowest BCUT2D eigenvalue weighted by Gasteiger charge is -2.12. The number of nitrogens with one attached hydrogen (secondary N) is 2. The van der Waals surface area contributed by atoms with Gasteiger partial charge in [-0.1, -0.05) is 24.3 Å². The van der Waals surface area contributed by atoms with E-state index in [-0.39, 0.29) is 39.6 Å². The number of nitro groups is 2. The topological polar surface area (TPSA) is 154 Å². The molecule has 3 aromatic rings. The van der Waals surface area contributed by atoms with Crippen LogP contribution < -0.4 is 15.4 Å². The monoisotopic (exact) mass is 436 g/mol. The van der Waals surface area contributed by atoms with Gasteiger partial charge in [0.05, 0.1) is 22.5 Å². The molecule has 0 bridgehead atoms. The Labute approximate surface area is 180 Å². The molecule has 0 saturated heterocycles. The van der Waals surface area contributed by atoms with Crippen LogP contribution in [0.2, 0.25) is 0 Å². The van der Waals surface area contributed by atoms with Crippen molar-refractivity contribution in [3.63, 3.8) is 0 Å². The van der Waals surface area contributed by atoms with Crippen LogP contribution in [0.3, 0.4) is 0 Å². The highest BCUT2D eigenvalue weighted by molar-refractivity contribution is 6.11. The summed E-state index contributed by atoms with van der Waals surface area (Å²) in [5.41, 5.74) is -0.658. The lowest BCUT2D eigenvalue weighted by Crippen LogP contribution is -2.17. The Balaban J connectivity index is 1.91. The summed E-state index contributed by atoms with van der Waals surface area (Å²) in [4.78, 5) is 46.6. The Bertz CT molecular complexity index is 1230. The van der Waals surface area contributed by atoms with Gasteiger partial charge in [-0.2, -0.15) is 0 Å². The third-order valence-corrected chi connectivity index (χ3v) is 4.40. The van der Waals surface area contributed by atoms with Gasteiger partial charge < -0.3 is 15.4 Å². The highest BCUT2D eigenvalue weighted by Crippen LogP contribution is 2.28. The zero-order chi connectivity index (χ0) is 23.3. The van der Waals surface area contributed by atoms with E-state index in [1.165, 1.54) is 73.8 Å². The van der Waals surface area contributed by atoms with Crippen molar-refractivity contribution in [2.24, 2.45) is 0 Å². The molecule has 11 nitrogen and oxygen atoms in total. The number of amides is 2. The number of anilines is 2. The number of nitro benzene ring substituents is 2. The summed E-state index contributed by atoms with van der Waals surface area (Å²) in [6, 6.07) is 15.2. The van der Waals surface area contributed by atoms with Crippen molar-refractivity contribution in [2.45, 2.75) is 0 Å². The van der Waals surface area contributed by atoms with E-state index < -0.39 is 21.7 Å². The second kappa shape index (κ2) is 9.34. The molecule has 0 aliphatic heterocycles. The van der Waals surface area contributed by atoms with E-state index in [0.717, 1.165) is 0 Å². The summed E-state index contributed by atoms with van der Waals surface area (Å²) in [5.74, 6) is -1.30. The molecule has 0 unspecified atom stereocenters. The summed E-state index contributed by atoms with van der Waals surface area (Å²) in [6.45, 7) is 0. The highest BCUT2D eigenvalue weighted by Gasteiger charge is 2.21. The predicted molar refractivity (Wildman–Crippen MR) is 115 cm³/mol. The van der Waals surface area contributed by atoms with Gasteiger partial charge >= 0.3 is 0 Å². The number of para-hydroxylation sites is 4. The molecule has 32 heavy (non-hydrogen) atoms. The number of benzene rings is 3. The molecule has 0 aliphatic rings. The van der Waals surface area contributed by atoms with E-state index in [0.29, 0.717) is 0 Å². The average Bonchev–Trinajstić information content (AvgIpc) is 2.79. The van der Waals surface area contributed by atoms with Gasteiger partial charge in [0.1, 0.15) is 17.1 Å². The molecule has 2 amide bonds. The maximum Gasteiger partial charge on any atom is 0.292 e. The van der Waals surface area contributed by atoms with Gasteiger partial charge in [0.15, 0.2) is 0 Å². The lowest BCUT2D eigenvalue weighted by molar-refractivity contribution is -0.384. The summed E-state index contributed by atoms with van der Waals surface area (Å²) >= 11 is 0. The van der Waals surface area contributed by atoms with Crippen molar-refractivity contribution < 1.29 is 24.2 Å². The van der Waals surface area contributed by atoms with Crippen molar-refractivity contribution >= 4 is 34.6 Å². The Hall–Kier alpha value is -4.80. The van der Waals surface area contributed by atoms with Crippen LogP contribution in [0.1, 0.15) is 20.7 Å². The first kappa shape index (κ1) is 21.9. The van der Waals surface area contributed by atoms with Gasteiger partial charge in [0.2, 0.25) is 0 Å². The van der Waals surface area contributed by atoms with Crippen molar-refractivity contribution in [1.29, 1.82) is 0 Å². The molecule has 0 radical (unpaired) electrons. The summed E-state index contributed by atoms with van der Waals surface area (Å²) in [7, 11) is 1.32. The number of carbonyl (C=O) groups is 2. The van der Waals surface area contributed by atoms with Crippen LogP contribution in [0.5, 0.6) is 5.75 Å². The van der Waals surface area contributed by atoms with E-state index in [1.54, 1.807) is 0 Å². The molecule has 11 heteroatoms. The molecule has 0 atom stereocenters. The number of hydrogen-bond donors (Lipinski definition) is 2. The standard InChI is InChI=1S/C21H16N4O7/c1-32-19-11-10-13(20(26)22-15-6-2-4-8-17(15)24(28)29)12-14(19)21(27)23-16-7-3-5-9-18(16)25(30)31/h2-12H,1H3,(H,22,26)(H,23,27). The molecule has 2 N–H and O–H groups in total. The van der Waals surface area contributed by atoms with E-state index in [4.69, 9.17) is 4.74 Å². The zero-order valence-corrected chi connectivity index (χ0v) is 16.6. The van der Waals surface area contributed by atoms with Crippen LogP contribution in [-0.4, -0.2) is 28.8 Å². The number of carbonyl (C=O) groups excluding carboxylic acids is 2. The number of ether oxygens (including phenoxy) is 1. The smallest absolute Gasteiger partial charge is 0.292 e. The van der Waals surface area contributed by atoms with Gasteiger partial charge in [-0.15, -0.1) is 0 Å². The summed E-state index contributed by atoms with van der Waals surface area (Å²) < 4.78 is 5.17. The van der Waals surface area contributed by atoms with Gasteiger partial charge in [0.25, 0.3) is 23.2 Å². The largest absolute Gasteiger partial charge is 0.496 e. The minimum atomic E-state index is -0.739. The number of methoxy groups -OCH3 is 1. The molecule has 0 spiro atoms. The predicted octanol–water partition coefficient (Wildman–Crippen LogP) is 4.02. The normalized spacial score (nSPS) is 10.2. The Kier molecular flexibility index (Phi) is 6.39. The molecule has 162 valence electrons. The second-order valence-corrected chi connectivity index (χ2v) is 6.37. The van der Waals surface area contributed by atoms with Crippen LogP contribution in [-0.2, 0) is 0 Å². The van der Waals surface area contributed by atoms with Crippen LogP contribution in [0.25, 0.3) is 0 Å². The second-order valence-electron chi connectivity index (χ2n) is 6.37. The number of rotatable bonds is 7. The first-order chi connectivity index (χ1) is 15.3. The molecule has 3 aromatic carbocycles. The quantitative estimate of drug-likeness (QED) is 0.419. The van der Waals surface area contributed by atoms with Gasteiger partial charge in [-0.25, -0.2) is 0 Å². The molecule has 0 aromatic heterocycles. The van der Waals surface area contributed by atoms with Gasteiger partial charge in [-0.3, -0.25) is 29.8 Å². The van der Waals surface area contributed by atoms with E-state index >= 15 is 0 Å². The van der Waals surface area contributed by atoms with Gasteiger partial charge in [-0.05, 0) is 30.3 Å². The van der Waals surface area contributed by atoms with Crippen molar-refractivity contribution in [3.05, 3.63) is 98.1 Å². The van der Waals surface area contributed by atoms with Crippen molar-refractivity contribution in [1.82, 2.24) is 0 Å². The SMILES string of the molecule is COc1ccc(C(=O)Nc2ccccc2[N+](=O)[O-])cc1C(=O)Nc1ccccc1[N+](=O)[O-]. The molecule has 0 fully saturated rings. The number of nitrogens with zero attached hydrogens (tertiary/aromatic N) is 2. The molecule has 3 rings (SSSR count). The molecular weight excluding hydrogens is 420 g/mol. The van der Waals surface area contributed by atoms with Crippen molar-refractivity contribution in [3.8, 4) is 5.75 Å². The molecule has 0 saturated carbocycles. The Morgan fingerprint density at radius 2 is 1.28 bits per heavy atom. The zero-order valence-electron chi connectivity index (χ0n) is 16.6. The van der Waals surface area contributed by atoms with Crippen LogP contribution in [0.4, 0.5) is 22.7 Å². The maximum atomic E-state index is 12.8.